The van der Waals surface area contributed by atoms with Gasteiger partial charge < -0.3 is 0 Å². The summed E-state index contributed by atoms with van der Waals surface area (Å²) in [6, 6.07) is 3.01. The van der Waals surface area contributed by atoms with Crippen molar-refractivity contribution in [2.24, 2.45) is 9.50 Å². The molecule has 30 heavy (non-hydrogen) atoms. The fourth-order valence-electron chi connectivity index (χ4n) is 3.66. The summed E-state index contributed by atoms with van der Waals surface area (Å²) >= 11 is 0. The fourth-order valence-corrected chi connectivity index (χ4v) is 4.60. The SMILES string of the molecule is CCn1ccc(S(N)(=O)=NC(=O)Cc2c(-c3ccncc3F)ncc3c2CCC3)n1. The van der Waals surface area contributed by atoms with Crippen LogP contribution < -0.4 is 5.14 Å². The van der Waals surface area contributed by atoms with Crippen molar-refractivity contribution in [3.63, 3.8) is 0 Å². The van der Waals surface area contributed by atoms with Crippen LogP contribution in [-0.4, -0.2) is 29.9 Å². The quantitative estimate of drug-likeness (QED) is 0.670. The number of pyridine rings is 2. The Kier molecular flexibility index (Phi) is 5.44. The number of aryl methyl sites for hydroxylation is 2. The predicted molar refractivity (Wildman–Crippen MR) is 109 cm³/mol. The molecule has 2 N–H and O–H groups in total. The molecule has 0 saturated carbocycles. The molecule has 10 heteroatoms. The molecule has 1 atom stereocenters. The third-order valence-electron chi connectivity index (χ3n) is 5.09. The molecule has 1 aliphatic carbocycles. The molecule has 0 radical (unpaired) electrons. The first-order valence-electron chi connectivity index (χ1n) is 9.59. The number of carbonyl (C=O) groups excluding carboxylic acids is 1. The van der Waals surface area contributed by atoms with Gasteiger partial charge in [0.05, 0.1) is 18.3 Å². The number of fused-ring (bicyclic) bond motifs is 1. The largest absolute Gasteiger partial charge is 0.272 e. The molecule has 156 valence electrons. The lowest BCUT2D eigenvalue weighted by Gasteiger charge is -2.13. The van der Waals surface area contributed by atoms with Crippen molar-refractivity contribution >= 4 is 15.8 Å². The van der Waals surface area contributed by atoms with Gasteiger partial charge in [-0.25, -0.2) is 13.7 Å². The molecule has 0 saturated heterocycles. The topological polar surface area (TPSA) is 116 Å². The van der Waals surface area contributed by atoms with Gasteiger partial charge in [0.2, 0.25) is 0 Å². The molecule has 1 amide bonds. The van der Waals surface area contributed by atoms with Gasteiger partial charge in [0.1, 0.15) is 0 Å². The Bertz CT molecular complexity index is 1250. The van der Waals surface area contributed by atoms with E-state index in [-0.39, 0.29) is 17.0 Å². The molecule has 0 bridgehead atoms. The van der Waals surface area contributed by atoms with Gasteiger partial charge in [0, 0.05) is 30.7 Å². The van der Waals surface area contributed by atoms with Crippen molar-refractivity contribution in [2.45, 2.75) is 44.2 Å². The predicted octanol–water partition coefficient (Wildman–Crippen LogP) is 2.46. The molecule has 0 spiro atoms. The van der Waals surface area contributed by atoms with E-state index in [2.05, 4.69) is 19.4 Å². The molecule has 1 unspecified atom stereocenters. The number of aromatic nitrogens is 4. The van der Waals surface area contributed by atoms with Crippen molar-refractivity contribution in [1.29, 1.82) is 0 Å². The zero-order valence-electron chi connectivity index (χ0n) is 16.4. The Balaban J connectivity index is 1.74. The van der Waals surface area contributed by atoms with Gasteiger partial charge in [-0.05, 0) is 55.0 Å². The lowest BCUT2D eigenvalue weighted by atomic mass is 9.96. The molecule has 4 rings (SSSR count). The highest BCUT2D eigenvalue weighted by molar-refractivity contribution is 7.91. The number of hydrogen-bond acceptors (Lipinski definition) is 5. The summed E-state index contributed by atoms with van der Waals surface area (Å²) in [7, 11) is -3.48. The molecule has 0 fully saturated rings. The van der Waals surface area contributed by atoms with Gasteiger partial charge in [-0.2, -0.15) is 5.10 Å². The third kappa shape index (κ3) is 3.88. The van der Waals surface area contributed by atoms with E-state index in [0.29, 0.717) is 17.8 Å². The summed E-state index contributed by atoms with van der Waals surface area (Å²) in [4.78, 5) is 20.9. The molecular weight excluding hydrogens is 407 g/mol. The van der Waals surface area contributed by atoms with E-state index < -0.39 is 21.6 Å². The standard InChI is InChI=1S/C20H21FN6O2S/c1-2-27-9-7-19(25-27)30(22,29)26-18(28)10-16-14-5-3-4-13(14)11-24-20(16)15-6-8-23-12-17(15)21/h6-9,11-12H,2-5,10H2,1H3,(H2,22,26,28,29). The summed E-state index contributed by atoms with van der Waals surface area (Å²) in [6.07, 6.45) is 8.31. The maximum absolute atomic E-state index is 14.4. The van der Waals surface area contributed by atoms with Crippen LogP contribution in [-0.2, 0) is 40.5 Å². The first-order valence-corrected chi connectivity index (χ1v) is 11.2. The third-order valence-corrected chi connectivity index (χ3v) is 6.38. The van der Waals surface area contributed by atoms with Gasteiger partial charge in [-0.3, -0.25) is 19.4 Å². The Hall–Kier alpha value is -2.98. The number of amides is 1. The highest BCUT2D eigenvalue weighted by Crippen LogP contribution is 2.33. The first kappa shape index (κ1) is 20.3. The number of carbonyl (C=O) groups is 1. The minimum Gasteiger partial charge on any atom is -0.272 e. The van der Waals surface area contributed by atoms with Crippen molar-refractivity contribution in [3.8, 4) is 11.3 Å². The lowest BCUT2D eigenvalue weighted by Crippen LogP contribution is -2.17. The molecule has 0 aromatic carbocycles. The number of nitrogens with zero attached hydrogens (tertiary/aromatic N) is 5. The number of nitrogens with two attached hydrogens (primary N) is 1. The van der Waals surface area contributed by atoms with Crippen molar-refractivity contribution in [1.82, 2.24) is 19.7 Å². The Morgan fingerprint density at radius 3 is 2.90 bits per heavy atom. The normalized spacial score (nSPS) is 14.9. The molecule has 3 aromatic rings. The summed E-state index contributed by atoms with van der Waals surface area (Å²) in [6.45, 7) is 2.45. The summed E-state index contributed by atoms with van der Waals surface area (Å²) in [5, 5.41) is 9.97. The van der Waals surface area contributed by atoms with E-state index in [1.807, 2.05) is 6.92 Å². The van der Waals surface area contributed by atoms with Crippen LogP contribution in [0.3, 0.4) is 0 Å². The van der Waals surface area contributed by atoms with Gasteiger partial charge in [-0.15, -0.1) is 4.36 Å². The van der Waals surface area contributed by atoms with E-state index in [0.717, 1.165) is 36.6 Å². The second-order valence-electron chi connectivity index (χ2n) is 7.04. The highest BCUT2D eigenvalue weighted by Gasteiger charge is 2.24. The summed E-state index contributed by atoms with van der Waals surface area (Å²) in [5.74, 6) is -1.19. The Labute approximate surface area is 173 Å². The molecular formula is C20H21FN6O2S. The second kappa shape index (κ2) is 8.04. The number of hydrogen-bond donors (Lipinski definition) is 1. The molecule has 8 nitrogen and oxygen atoms in total. The first-order chi connectivity index (χ1) is 14.4. The van der Waals surface area contributed by atoms with Crippen LogP contribution in [0.25, 0.3) is 11.3 Å². The molecule has 3 aromatic heterocycles. The second-order valence-corrected chi connectivity index (χ2v) is 8.78. The summed E-state index contributed by atoms with van der Waals surface area (Å²) in [5.41, 5.74) is 3.23. The van der Waals surface area contributed by atoms with Gasteiger partial charge in [0.25, 0.3) is 5.91 Å². The monoisotopic (exact) mass is 428 g/mol. The minimum atomic E-state index is -3.48. The van der Waals surface area contributed by atoms with Crippen LogP contribution >= 0.6 is 0 Å². The number of rotatable bonds is 5. The average Bonchev–Trinajstić information content (AvgIpc) is 3.38. The lowest BCUT2D eigenvalue weighted by molar-refractivity contribution is -0.117. The summed E-state index contributed by atoms with van der Waals surface area (Å²) < 4.78 is 32.5. The maximum atomic E-state index is 14.4. The maximum Gasteiger partial charge on any atom is 0.259 e. The van der Waals surface area contributed by atoms with Gasteiger partial charge in [-0.1, -0.05) is 0 Å². The highest BCUT2D eigenvalue weighted by atomic mass is 32.2. The van der Waals surface area contributed by atoms with E-state index in [4.69, 9.17) is 5.14 Å². The van der Waals surface area contributed by atoms with Crippen LogP contribution in [0.4, 0.5) is 4.39 Å². The van der Waals surface area contributed by atoms with Crippen LogP contribution in [0.15, 0.2) is 46.3 Å². The zero-order chi connectivity index (χ0) is 21.3. The Morgan fingerprint density at radius 1 is 1.33 bits per heavy atom. The molecule has 1 aliphatic rings. The average molecular weight is 428 g/mol. The van der Waals surface area contributed by atoms with E-state index >= 15 is 0 Å². The minimum absolute atomic E-state index is 0.0505. The van der Waals surface area contributed by atoms with Crippen molar-refractivity contribution < 1.29 is 13.4 Å². The fraction of sp³-hybridized carbons (Fsp3) is 0.300. The molecule has 3 heterocycles. The van der Waals surface area contributed by atoms with Crippen molar-refractivity contribution in [3.05, 3.63) is 59.4 Å². The van der Waals surface area contributed by atoms with Crippen LogP contribution in [0, 0.1) is 5.82 Å². The van der Waals surface area contributed by atoms with Crippen LogP contribution in [0.1, 0.15) is 30.0 Å². The van der Waals surface area contributed by atoms with Gasteiger partial charge in [0.15, 0.2) is 20.8 Å². The Morgan fingerprint density at radius 2 is 2.17 bits per heavy atom. The van der Waals surface area contributed by atoms with E-state index in [1.165, 1.54) is 18.3 Å². The van der Waals surface area contributed by atoms with E-state index in [1.54, 1.807) is 17.1 Å². The smallest absolute Gasteiger partial charge is 0.259 e. The van der Waals surface area contributed by atoms with Crippen molar-refractivity contribution in [2.75, 3.05) is 0 Å². The zero-order valence-corrected chi connectivity index (χ0v) is 17.2. The molecule has 0 aliphatic heterocycles. The van der Waals surface area contributed by atoms with Gasteiger partial charge >= 0.3 is 0 Å². The van der Waals surface area contributed by atoms with Crippen LogP contribution in [0.5, 0.6) is 0 Å². The number of halogens is 1. The van der Waals surface area contributed by atoms with Crippen LogP contribution in [0.2, 0.25) is 0 Å². The van der Waals surface area contributed by atoms with E-state index in [9.17, 15) is 13.4 Å².